The first-order valence-electron chi connectivity index (χ1n) is 6.29. The molecule has 6 heteroatoms. The number of fused-ring (bicyclic) bond motifs is 1. The molecule has 0 fully saturated rings. The fraction of sp³-hybridized carbons (Fsp3) is 0.214. The number of hydrogen-bond donors (Lipinski definition) is 0. The molecule has 0 saturated carbocycles. The molecule has 2 heterocycles. The van der Waals surface area contributed by atoms with Gasteiger partial charge in [0, 0.05) is 11.6 Å². The predicted octanol–water partition coefficient (Wildman–Crippen LogP) is 2.50. The molecule has 0 atom stereocenters. The molecule has 0 unspecified atom stereocenters. The van der Waals surface area contributed by atoms with E-state index in [1.807, 2.05) is 24.3 Å². The molecule has 0 aliphatic carbocycles. The molecule has 0 amide bonds. The standard InChI is InChI=1S/C14H13N3O3/c1-3-19-14(18)12-9(2)16-20-13(12)17-8-10-6-4-5-7-11(10)15-17/h4-8H,3H2,1-2H3. The van der Waals surface area contributed by atoms with Gasteiger partial charge in [0.05, 0.1) is 17.8 Å². The Kier molecular flexibility index (Phi) is 2.98. The molecule has 0 spiro atoms. The summed E-state index contributed by atoms with van der Waals surface area (Å²) < 4.78 is 11.8. The lowest BCUT2D eigenvalue weighted by molar-refractivity contribution is 0.0524. The van der Waals surface area contributed by atoms with E-state index in [0.29, 0.717) is 17.9 Å². The van der Waals surface area contributed by atoms with Crippen LogP contribution in [0, 0.1) is 6.92 Å². The molecule has 0 aliphatic heterocycles. The zero-order valence-electron chi connectivity index (χ0n) is 11.2. The second-order valence-electron chi connectivity index (χ2n) is 4.30. The Bertz CT molecular complexity index is 740. The quantitative estimate of drug-likeness (QED) is 0.684. The van der Waals surface area contributed by atoms with Gasteiger partial charge in [0.15, 0.2) is 0 Å². The maximum Gasteiger partial charge on any atom is 0.345 e. The third-order valence-electron chi connectivity index (χ3n) is 2.95. The van der Waals surface area contributed by atoms with Crippen molar-refractivity contribution >= 4 is 16.9 Å². The molecule has 3 aromatic rings. The Morgan fingerprint density at radius 3 is 2.95 bits per heavy atom. The number of nitrogens with zero attached hydrogens (tertiary/aromatic N) is 3. The van der Waals surface area contributed by atoms with Crippen molar-refractivity contribution in [3.8, 4) is 5.88 Å². The molecule has 0 radical (unpaired) electrons. The largest absolute Gasteiger partial charge is 0.462 e. The number of carbonyl (C=O) groups excluding carboxylic acids is 1. The highest BCUT2D eigenvalue weighted by Gasteiger charge is 2.23. The highest BCUT2D eigenvalue weighted by Crippen LogP contribution is 2.21. The summed E-state index contributed by atoms with van der Waals surface area (Å²) in [5.41, 5.74) is 1.61. The highest BCUT2D eigenvalue weighted by molar-refractivity contribution is 5.93. The van der Waals surface area contributed by atoms with Crippen LogP contribution in [0.3, 0.4) is 0 Å². The van der Waals surface area contributed by atoms with Gasteiger partial charge in [-0.05, 0) is 19.9 Å². The summed E-state index contributed by atoms with van der Waals surface area (Å²) in [5.74, 6) is -0.182. The average molecular weight is 271 g/mol. The first kappa shape index (κ1) is 12.4. The van der Waals surface area contributed by atoms with E-state index in [-0.39, 0.29) is 5.88 Å². The summed E-state index contributed by atoms with van der Waals surface area (Å²) in [4.78, 5) is 12.0. The zero-order chi connectivity index (χ0) is 14.1. The third kappa shape index (κ3) is 1.95. The van der Waals surface area contributed by atoms with Crippen LogP contribution in [0.5, 0.6) is 0 Å². The van der Waals surface area contributed by atoms with Crippen LogP contribution in [0.2, 0.25) is 0 Å². The maximum atomic E-state index is 12.0. The fourth-order valence-corrected chi connectivity index (χ4v) is 2.02. The Morgan fingerprint density at radius 2 is 2.20 bits per heavy atom. The topological polar surface area (TPSA) is 70.2 Å². The summed E-state index contributed by atoms with van der Waals surface area (Å²) >= 11 is 0. The number of benzene rings is 1. The minimum absolute atomic E-state index is 0.275. The van der Waals surface area contributed by atoms with Crippen LogP contribution in [-0.2, 0) is 4.74 Å². The molecule has 6 nitrogen and oxygen atoms in total. The van der Waals surface area contributed by atoms with Gasteiger partial charge >= 0.3 is 5.97 Å². The van der Waals surface area contributed by atoms with Crippen LogP contribution in [-0.4, -0.2) is 27.5 Å². The first-order chi connectivity index (χ1) is 9.70. The first-order valence-corrected chi connectivity index (χ1v) is 6.29. The number of aromatic nitrogens is 3. The van der Waals surface area contributed by atoms with Gasteiger partial charge in [-0.15, -0.1) is 0 Å². The van der Waals surface area contributed by atoms with Crippen LogP contribution >= 0.6 is 0 Å². The molecule has 20 heavy (non-hydrogen) atoms. The molecule has 0 bridgehead atoms. The average Bonchev–Trinajstić information content (AvgIpc) is 3.01. The van der Waals surface area contributed by atoms with E-state index < -0.39 is 5.97 Å². The van der Waals surface area contributed by atoms with Crippen molar-refractivity contribution in [2.45, 2.75) is 13.8 Å². The summed E-state index contributed by atoms with van der Waals surface area (Å²) in [6.45, 7) is 3.75. The van der Waals surface area contributed by atoms with Crippen molar-refractivity contribution in [3.05, 3.63) is 41.7 Å². The number of ether oxygens (including phenoxy) is 1. The Hall–Kier alpha value is -2.63. The second kappa shape index (κ2) is 4.80. The summed E-state index contributed by atoms with van der Waals surface area (Å²) in [6.07, 6.45) is 1.79. The van der Waals surface area contributed by atoms with Crippen LogP contribution in [0.4, 0.5) is 0 Å². The zero-order valence-corrected chi connectivity index (χ0v) is 11.2. The van der Waals surface area contributed by atoms with Crippen molar-refractivity contribution < 1.29 is 14.1 Å². The normalized spacial score (nSPS) is 10.9. The van der Waals surface area contributed by atoms with Crippen LogP contribution < -0.4 is 0 Å². The third-order valence-corrected chi connectivity index (χ3v) is 2.95. The van der Waals surface area contributed by atoms with Gasteiger partial charge < -0.3 is 9.26 Å². The van der Waals surface area contributed by atoms with E-state index in [0.717, 1.165) is 10.9 Å². The number of aryl methyl sites for hydroxylation is 1. The van der Waals surface area contributed by atoms with Gasteiger partial charge in [0.1, 0.15) is 5.56 Å². The molecular weight excluding hydrogens is 258 g/mol. The van der Waals surface area contributed by atoms with Gasteiger partial charge in [-0.2, -0.15) is 5.10 Å². The van der Waals surface area contributed by atoms with E-state index >= 15 is 0 Å². The lowest BCUT2D eigenvalue weighted by Crippen LogP contribution is -2.09. The van der Waals surface area contributed by atoms with Gasteiger partial charge in [0.2, 0.25) is 0 Å². The van der Waals surface area contributed by atoms with Crippen molar-refractivity contribution in [3.63, 3.8) is 0 Å². The molecule has 0 saturated heterocycles. The van der Waals surface area contributed by atoms with E-state index in [4.69, 9.17) is 9.26 Å². The van der Waals surface area contributed by atoms with E-state index in [9.17, 15) is 4.79 Å². The Labute approximate surface area is 114 Å². The lowest BCUT2D eigenvalue weighted by Gasteiger charge is -2.01. The van der Waals surface area contributed by atoms with Gasteiger partial charge in [-0.25, -0.2) is 9.48 Å². The molecule has 3 rings (SSSR count). The smallest absolute Gasteiger partial charge is 0.345 e. The van der Waals surface area contributed by atoms with Crippen molar-refractivity contribution in [2.24, 2.45) is 0 Å². The summed E-state index contributed by atoms with van der Waals surface area (Å²) in [7, 11) is 0. The number of esters is 1. The van der Waals surface area contributed by atoms with E-state index in [1.165, 1.54) is 4.68 Å². The molecule has 102 valence electrons. The van der Waals surface area contributed by atoms with E-state index in [2.05, 4.69) is 10.3 Å². The Morgan fingerprint density at radius 1 is 1.40 bits per heavy atom. The molecular formula is C14H13N3O3. The number of carbonyl (C=O) groups is 1. The van der Waals surface area contributed by atoms with Crippen molar-refractivity contribution in [2.75, 3.05) is 6.61 Å². The Balaban J connectivity index is 2.12. The summed E-state index contributed by atoms with van der Waals surface area (Å²) in [5, 5.41) is 9.16. The monoisotopic (exact) mass is 271 g/mol. The second-order valence-corrected chi connectivity index (χ2v) is 4.30. The van der Waals surface area contributed by atoms with E-state index in [1.54, 1.807) is 20.0 Å². The van der Waals surface area contributed by atoms with Crippen LogP contribution in [0.1, 0.15) is 23.0 Å². The SMILES string of the molecule is CCOC(=O)c1c(C)noc1-n1cc2ccccc2n1. The van der Waals surface area contributed by atoms with Gasteiger partial charge in [-0.3, -0.25) is 0 Å². The molecule has 2 aromatic heterocycles. The molecule has 0 aliphatic rings. The minimum Gasteiger partial charge on any atom is -0.462 e. The molecule has 1 aromatic carbocycles. The van der Waals surface area contributed by atoms with Crippen LogP contribution in [0.15, 0.2) is 35.0 Å². The predicted molar refractivity (Wildman–Crippen MR) is 71.8 cm³/mol. The maximum absolute atomic E-state index is 12.0. The van der Waals surface area contributed by atoms with Gasteiger partial charge in [-0.1, -0.05) is 23.4 Å². The molecule has 0 N–H and O–H groups in total. The minimum atomic E-state index is -0.458. The van der Waals surface area contributed by atoms with Crippen molar-refractivity contribution in [1.29, 1.82) is 0 Å². The fourth-order valence-electron chi connectivity index (χ4n) is 2.02. The number of hydrogen-bond acceptors (Lipinski definition) is 5. The highest BCUT2D eigenvalue weighted by atomic mass is 16.5. The van der Waals surface area contributed by atoms with Crippen LogP contribution in [0.25, 0.3) is 16.8 Å². The van der Waals surface area contributed by atoms with Gasteiger partial charge in [0.25, 0.3) is 5.88 Å². The lowest BCUT2D eigenvalue weighted by atomic mass is 10.2. The summed E-state index contributed by atoms with van der Waals surface area (Å²) in [6, 6.07) is 7.65. The number of rotatable bonds is 3. The van der Waals surface area contributed by atoms with Crippen molar-refractivity contribution in [1.82, 2.24) is 14.9 Å².